The molecule has 0 saturated carbocycles. The Balaban J connectivity index is 2.25. The molecule has 1 aliphatic rings. The van der Waals surface area contributed by atoms with Crippen molar-refractivity contribution in [1.82, 2.24) is 10.6 Å². The molecule has 4 heteroatoms. The maximum absolute atomic E-state index is 11.7. The maximum atomic E-state index is 11.7. The first kappa shape index (κ1) is 11.9. The molecule has 1 amide bonds. The van der Waals surface area contributed by atoms with Gasteiger partial charge in [0.05, 0.1) is 5.92 Å². The molecule has 1 unspecified atom stereocenters. The van der Waals surface area contributed by atoms with Crippen LogP contribution in [-0.2, 0) is 4.79 Å². The Kier molecular flexibility index (Phi) is 5.33. The normalized spacial score (nSPS) is 24.3. The second-order valence-electron chi connectivity index (χ2n) is 3.91. The summed E-state index contributed by atoms with van der Waals surface area (Å²) in [4.78, 5) is 11.7. The first-order valence-corrected chi connectivity index (χ1v) is 6.63. The van der Waals surface area contributed by atoms with E-state index in [4.69, 9.17) is 0 Å². The Hall–Kier alpha value is -0.220. The van der Waals surface area contributed by atoms with Gasteiger partial charge in [0.2, 0.25) is 5.91 Å². The number of rotatable bonds is 4. The van der Waals surface area contributed by atoms with Crippen molar-refractivity contribution in [2.45, 2.75) is 25.8 Å². The van der Waals surface area contributed by atoms with Gasteiger partial charge in [0, 0.05) is 18.3 Å². The standard InChI is InChI=1S/C10H20N2OS/c1-8(7-14-2)12-10(13)9-4-3-5-11-6-9/h8-9,11H,3-7H2,1-2H3,(H,12,13)/t8?,9-/m0/s1. The molecule has 1 rings (SSSR count). The summed E-state index contributed by atoms with van der Waals surface area (Å²) in [7, 11) is 0. The first-order valence-electron chi connectivity index (χ1n) is 5.24. The van der Waals surface area contributed by atoms with Crippen LogP contribution in [0.5, 0.6) is 0 Å². The van der Waals surface area contributed by atoms with E-state index in [0.717, 1.165) is 31.7 Å². The summed E-state index contributed by atoms with van der Waals surface area (Å²) < 4.78 is 0. The molecule has 0 bridgehead atoms. The lowest BCUT2D eigenvalue weighted by Crippen LogP contribution is -2.44. The molecule has 3 nitrogen and oxygen atoms in total. The highest BCUT2D eigenvalue weighted by Crippen LogP contribution is 2.10. The van der Waals surface area contributed by atoms with Crippen LogP contribution in [0.15, 0.2) is 0 Å². The van der Waals surface area contributed by atoms with Gasteiger partial charge >= 0.3 is 0 Å². The second kappa shape index (κ2) is 6.30. The van der Waals surface area contributed by atoms with Gasteiger partial charge in [-0.1, -0.05) is 0 Å². The monoisotopic (exact) mass is 216 g/mol. The minimum atomic E-state index is 0.188. The van der Waals surface area contributed by atoms with Gasteiger partial charge in [-0.2, -0.15) is 11.8 Å². The van der Waals surface area contributed by atoms with Crippen molar-refractivity contribution >= 4 is 17.7 Å². The zero-order valence-corrected chi connectivity index (χ0v) is 9.82. The van der Waals surface area contributed by atoms with E-state index in [1.54, 1.807) is 11.8 Å². The number of amides is 1. The third-order valence-corrected chi connectivity index (χ3v) is 3.31. The van der Waals surface area contributed by atoms with Crippen molar-refractivity contribution in [3.05, 3.63) is 0 Å². The molecule has 2 atom stereocenters. The van der Waals surface area contributed by atoms with E-state index in [2.05, 4.69) is 23.8 Å². The van der Waals surface area contributed by atoms with Gasteiger partial charge in [-0.05, 0) is 32.6 Å². The van der Waals surface area contributed by atoms with Crippen LogP contribution in [0.4, 0.5) is 0 Å². The molecule has 14 heavy (non-hydrogen) atoms. The molecule has 1 aliphatic heterocycles. The van der Waals surface area contributed by atoms with Crippen LogP contribution in [0.3, 0.4) is 0 Å². The number of hydrogen-bond acceptors (Lipinski definition) is 3. The highest BCUT2D eigenvalue weighted by atomic mass is 32.2. The fourth-order valence-corrected chi connectivity index (χ4v) is 2.31. The van der Waals surface area contributed by atoms with E-state index in [9.17, 15) is 4.79 Å². The Morgan fingerprint density at radius 2 is 2.50 bits per heavy atom. The van der Waals surface area contributed by atoms with E-state index in [-0.39, 0.29) is 11.8 Å². The predicted molar refractivity (Wildman–Crippen MR) is 61.6 cm³/mol. The van der Waals surface area contributed by atoms with Gasteiger partial charge in [-0.25, -0.2) is 0 Å². The predicted octanol–water partition coefficient (Wildman–Crippen LogP) is 0.854. The minimum Gasteiger partial charge on any atom is -0.353 e. The zero-order valence-electron chi connectivity index (χ0n) is 9.01. The van der Waals surface area contributed by atoms with Gasteiger partial charge in [0.25, 0.3) is 0 Å². The maximum Gasteiger partial charge on any atom is 0.224 e. The van der Waals surface area contributed by atoms with Crippen molar-refractivity contribution in [2.75, 3.05) is 25.1 Å². The van der Waals surface area contributed by atoms with Crippen molar-refractivity contribution < 1.29 is 4.79 Å². The SMILES string of the molecule is CSCC(C)NC(=O)[C@H]1CCCNC1. The molecule has 0 spiro atoms. The molecule has 1 saturated heterocycles. The number of hydrogen-bond donors (Lipinski definition) is 2. The Bertz CT molecular complexity index is 181. The highest BCUT2D eigenvalue weighted by molar-refractivity contribution is 7.98. The molecule has 0 aromatic rings. The summed E-state index contributed by atoms with van der Waals surface area (Å²) in [5.74, 6) is 1.40. The fourth-order valence-electron chi connectivity index (χ4n) is 1.73. The summed E-state index contributed by atoms with van der Waals surface area (Å²) in [6, 6.07) is 0.291. The van der Waals surface area contributed by atoms with Crippen molar-refractivity contribution in [3.8, 4) is 0 Å². The van der Waals surface area contributed by atoms with Crippen LogP contribution < -0.4 is 10.6 Å². The number of thioether (sulfide) groups is 1. The lowest BCUT2D eigenvalue weighted by atomic mass is 9.98. The number of piperidine rings is 1. The number of nitrogens with one attached hydrogen (secondary N) is 2. The van der Waals surface area contributed by atoms with E-state index >= 15 is 0 Å². The van der Waals surface area contributed by atoms with E-state index in [0.29, 0.717) is 6.04 Å². The van der Waals surface area contributed by atoms with Crippen LogP contribution in [0.1, 0.15) is 19.8 Å². The quantitative estimate of drug-likeness (QED) is 0.732. The summed E-state index contributed by atoms with van der Waals surface area (Å²) in [5, 5.41) is 6.31. The van der Waals surface area contributed by atoms with Crippen LogP contribution >= 0.6 is 11.8 Å². The van der Waals surface area contributed by atoms with Gasteiger partial charge in [0.1, 0.15) is 0 Å². The molecule has 0 aliphatic carbocycles. The Morgan fingerprint density at radius 1 is 1.71 bits per heavy atom. The van der Waals surface area contributed by atoms with Crippen LogP contribution in [0, 0.1) is 5.92 Å². The minimum absolute atomic E-state index is 0.188. The van der Waals surface area contributed by atoms with E-state index < -0.39 is 0 Å². The van der Waals surface area contributed by atoms with Crippen molar-refractivity contribution in [3.63, 3.8) is 0 Å². The lowest BCUT2D eigenvalue weighted by molar-refractivity contribution is -0.125. The summed E-state index contributed by atoms with van der Waals surface area (Å²) in [5.41, 5.74) is 0. The van der Waals surface area contributed by atoms with Crippen molar-refractivity contribution in [1.29, 1.82) is 0 Å². The molecular formula is C10H20N2OS. The molecule has 0 aromatic heterocycles. The summed E-state index contributed by atoms with van der Waals surface area (Å²) >= 11 is 1.77. The largest absolute Gasteiger partial charge is 0.353 e. The van der Waals surface area contributed by atoms with Gasteiger partial charge < -0.3 is 10.6 Å². The van der Waals surface area contributed by atoms with Crippen LogP contribution in [-0.4, -0.2) is 37.0 Å². The smallest absolute Gasteiger partial charge is 0.224 e. The molecule has 2 N–H and O–H groups in total. The molecule has 0 aromatic carbocycles. The average molecular weight is 216 g/mol. The molecule has 0 radical (unpaired) electrons. The van der Waals surface area contributed by atoms with Gasteiger partial charge in [-0.3, -0.25) is 4.79 Å². The Labute approximate surface area is 90.4 Å². The van der Waals surface area contributed by atoms with Gasteiger partial charge in [0.15, 0.2) is 0 Å². The third-order valence-electron chi connectivity index (χ3n) is 2.47. The van der Waals surface area contributed by atoms with Crippen LogP contribution in [0.2, 0.25) is 0 Å². The van der Waals surface area contributed by atoms with E-state index in [1.807, 2.05) is 0 Å². The molecular weight excluding hydrogens is 196 g/mol. The van der Waals surface area contributed by atoms with Crippen LogP contribution in [0.25, 0.3) is 0 Å². The molecule has 1 heterocycles. The second-order valence-corrected chi connectivity index (χ2v) is 4.82. The first-order chi connectivity index (χ1) is 6.74. The average Bonchev–Trinajstić information content (AvgIpc) is 2.19. The molecule has 82 valence electrons. The topological polar surface area (TPSA) is 41.1 Å². The third kappa shape index (κ3) is 3.88. The zero-order chi connectivity index (χ0) is 10.4. The number of carbonyl (C=O) groups is 1. The lowest BCUT2D eigenvalue weighted by Gasteiger charge is -2.23. The molecule has 1 fully saturated rings. The number of carbonyl (C=O) groups excluding carboxylic acids is 1. The van der Waals surface area contributed by atoms with Crippen molar-refractivity contribution in [2.24, 2.45) is 5.92 Å². The fraction of sp³-hybridized carbons (Fsp3) is 0.900. The highest BCUT2D eigenvalue weighted by Gasteiger charge is 2.21. The Morgan fingerprint density at radius 3 is 3.07 bits per heavy atom. The summed E-state index contributed by atoms with van der Waals surface area (Å²) in [6.45, 7) is 3.96. The van der Waals surface area contributed by atoms with E-state index in [1.165, 1.54) is 0 Å². The van der Waals surface area contributed by atoms with Gasteiger partial charge in [-0.15, -0.1) is 0 Å². The summed E-state index contributed by atoms with van der Waals surface area (Å²) in [6.07, 6.45) is 4.21.